The molecule has 2 rings (SSSR count). The van der Waals surface area contributed by atoms with Gasteiger partial charge in [-0.15, -0.1) is 0 Å². The van der Waals surface area contributed by atoms with Gasteiger partial charge in [-0.1, -0.05) is 0 Å². The molecular formula is C12H7BrFN3O. The second-order valence-corrected chi connectivity index (χ2v) is 4.26. The average Bonchev–Trinajstić information content (AvgIpc) is 2.37. The molecule has 0 fully saturated rings. The molecule has 0 aliphatic carbocycles. The van der Waals surface area contributed by atoms with E-state index in [2.05, 4.69) is 20.9 Å². The zero-order valence-electron chi connectivity index (χ0n) is 9.02. The molecule has 0 bridgehead atoms. The molecule has 0 saturated carbocycles. The third kappa shape index (κ3) is 2.57. The van der Waals surface area contributed by atoms with Gasteiger partial charge >= 0.3 is 0 Å². The number of nitrogens with zero attached hydrogens (tertiary/aromatic N) is 2. The standard InChI is InChI=1S/C12H7BrFN3O/c13-8-3-10(16)11(4-9(8)14)18-12-2-1-7(5-15)6-17-12/h1-4,6H,16H2. The summed E-state index contributed by atoms with van der Waals surface area (Å²) in [6.45, 7) is 0. The molecule has 1 heterocycles. The van der Waals surface area contributed by atoms with Crippen molar-refractivity contribution < 1.29 is 9.13 Å². The summed E-state index contributed by atoms with van der Waals surface area (Å²) in [6.07, 6.45) is 1.36. The predicted octanol–water partition coefficient (Wildman–Crippen LogP) is 3.23. The van der Waals surface area contributed by atoms with Crippen LogP contribution < -0.4 is 10.5 Å². The number of benzene rings is 1. The van der Waals surface area contributed by atoms with Gasteiger partial charge in [0.05, 0.1) is 15.7 Å². The normalized spacial score (nSPS) is 9.83. The number of ether oxygens (including phenoxy) is 1. The third-order valence-corrected chi connectivity index (χ3v) is 2.74. The van der Waals surface area contributed by atoms with E-state index in [1.54, 1.807) is 6.07 Å². The van der Waals surface area contributed by atoms with Crippen LogP contribution in [0, 0.1) is 17.1 Å². The first-order valence-corrected chi connectivity index (χ1v) is 5.68. The minimum atomic E-state index is -0.479. The Kier molecular flexibility index (Phi) is 3.44. The molecule has 0 saturated heterocycles. The van der Waals surface area contributed by atoms with Gasteiger partial charge < -0.3 is 10.5 Å². The maximum Gasteiger partial charge on any atom is 0.219 e. The van der Waals surface area contributed by atoms with Gasteiger partial charge in [-0.05, 0) is 28.1 Å². The highest BCUT2D eigenvalue weighted by Crippen LogP contribution is 2.31. The number of nitriles is 1. The zero-order chi connectivity index (χ0) is 13.1. The Labute approximate surface area is 111 Å². The molecule has 0 unspecified atom stereocenters. The number of nitrogens with two attached hydrogens (primary N) is 1. The molecule has 0 aliphatic rings. The first-order valence-electron chi connectivity index (χ1n) is 4.88. The van der Waals surface area contributed by atoms with Gasteiger partial charge in [-0.2, -0.15) is 5.26 Å². The van der Waals surface area contributed by atoms with Gasteiger partial charge in [0.2, 0.25) is 5.88 Å². The molecule has 0 amide bonds. The van der Waals surface area contributed by atoms with Gasteiger partial charge in [-0.25, -0.2) is 9.37 Å². The largest absolute Gasteiger partial charge is 0.437 e. The summed E-state index contributed by atoms with van der Waals surface area (Å²) >= 11 is 3.02. The zero-order valence-corrected chi connectivity index (χ0v) is 10.6. The number of pyridine rings is 1. The van der Waals surface area contributed by atoms with Gasteiger partial charge in [-0.3, -0.25) is 0 Å². The minimum Gasteiger partial charge on any atom is -0.437 e. The number of anilines is 1. The number of hydrogen-bond donors (Lipinski definition) is 1. The Balaban J connectivity index is 2.28. The number of rotatable bonds is 2. The van der Waals surface area contributed by atoms with Crippen LogP contribution in [0.4, 0.5) is 10.1 Å². The van der Waals surface area contributed by atoms with Crippen molar-refractivity contribution in [3.8, 4) is 17.7 Å². The molecule has 0 spiro atoms. The van der Waals surface area contributed by atoms with Crippen LogP contribution in [-0.2, 0) is 0 Å². The number of nitrogen functional groups attached to an aromatic ring is 1. The van der Waals surface area contributed by atoms with Crippen molar-refractivity contribution in [2.24, 2.45) is 0 Å². The Morgan fingerprint density at radius 1 is 1.39 bits per heavy atom. The highest BCUT2D eigenvalue weighted by molar-refractivity contribution is 9.10. The van der Waals surface area contributed by atoms with Gasteiger partial charge in [0, 0.05) is 18.3 Å². The second-order valence-electron chi connectivity index (χ2n) is 3.40. The monoisotopic (exact) mass is 307 g/mol. The quantitative estimate of drug-likeness (QED) is 0.865. The topological polar surface area (TPSA) is 71.9 Å². The van der Waals surface area contributed by atoms with Crippen molar-refractivity contribution in [1.82, 2.24) is 4.98 Å². The van der Waals surface area contributed by atoms with Crippen molar-refractivity contribution >= 4 is 21.6 Å². The van der Waals surface area contributed by atoms with Crippen LogP contribution in [0.5, 0.6) is 11.6 Å². The molecule has 1 aromatic heterocycles. The van der Waals surface area contributed by atoms with Crippen molar-refractivity contribution in [3.63, 3.8) is 0 Å². The fourth-order valence-electron chi connectivity index (χ4n) is 1.25. The SMILES string of the molecule is N#Cc1ccc(Oc2cc(F)c(Br)cc2N)nc1. The molecule has 0 atom stereocenters. The van der Waals surface area contributed by atoms with Crippen molar-refractivity contribution in [2.75, 3.05) is 5.73 Å². The van der Waals surface area contributed by atoms with E-state index in [1.807, 2.05) is 6.07 Å². The summed E-state index contributed by atoms with van der Waals surface area (Å²) in [7, 11) is 0. The predicted molar refractivity (Wildman–Crippen MR) is 67.5 cm³/mol. The molecular weight excluding hydrogens is 301 g/mol. The van der Waals surface area contributed by atoms with Crippen LogP contribution in [0.1, 0.15) is 5.56 Å². The Bertz CT molecular complexity index is 622. The lowest BCUT2D eigenvalue weighted by Gasteiger charge is -2.08. The van der Waals surface area contributed by atoms with E-state index in [9.17, 15) is 4.39 Å². The van der Waals surface area contributed by atoms with E-state index in [0.717, 1.165) is 0 Å². The molecule has 18 heavy (non-hydrogen) atoms. The smallest absolute Gasteiger partial charge is 0.219 e. The van der Waals surface area contributed by atoms with Crippen LogP contribution >= 0.6 is 15.9 Å². The van der Waals surface area contributed by atoms with E-state index < -0.39 is 5.82 Å². The third-order valence-electron chi connectivity index (χ3n) is 2.13. The van der Waals surface area contributed by atoms with E-state index in [1.165, 1.54) is 24.4 Å². The molecule has 0 aliphatic heterocycles. The van der Waals surface area contributed by atoms with Gasteiger partial charge in [0.15, 0.2) is 5.75 Å². The summed E-state index contributed by atoms with van der Waals surface area (Å²) in [4.78, 5) is 3.90. The van der Waals surface area contributed by atoms with Crippen molar-refractivity contribution in [1.29, 1.82) is 5.26 Å². The molecule has 6 heteroatoms. The lowest BCUT2D eigenvalue weighted by atomic mass is 10.3. The van der Waals surface area contributed by atoms with Crippen molar-refractivity contribution in [3.05, 3.63) is 46.3 Å². The Morgan fingerprint density at radius 3 is 2.78 bits per heavy atom. The maximum absolute atomic E-state index is 13.3. The summed E-state index contributed by atoms with van der Waals surface area (Å²) in [5.74, 6) is -0.0665. The van der Waals surface area contributed by atoms with E-state index in [0.29, 0.717) is 5.56 Å². The first kappa shape index (κ1) is 12.3. The number of halogens is 2. The minimum absolute atomic E-state index is 0.174. The number of hydrogen-bond acceptors (Lipinski definition) is 4. The van der Waals surface area contributed by atoms with Crippen molar-refractivity contribution in [2.45, 2.75) is 0 Å². The van der Waals surface area contributed by atoms with Gasteiger partial charge in [0.25, 0.3) is 0 Å². The molecule has 90 valence electrons. The van der Waals surface area contributed by atoms with E-state index >= 15 is 0 Å². The van der Waals surface area contributed by atoms with Crippen LogP contribution in [0.15, 0.2) is 34.9 Å². The van der Waals surface area contributed by atoms with Crippen LogP contribution in [0.3, 0.4) is 0 Å². The molecule has 2 N–H and O–H groups in total. The Morgan fingerprint density at radius 2 is 2.17 bits per heavy atom. The highest BCUT2D eigenvalue weighted by Gasteiger charge is 2.08. The lowest BCUT2D eigenvalue weighted by Crippen LogP contribution is -1.95. The van der Waals surface area contributed by atoms with Crippen LogP contribution in [-0.4, -0.2) is 4.98 Å². The average molecular weight is 308 g/mol. The summed E-state index contributed by atoms with van der Waals surface area (Å²) in [5.41, 5.74) is 6.39. The van der Waals surface area contributed by atoms with Crippen LogP contribution in [0.2, 0.25) is 0 Å². The van der Waals surface area contributed by atoms with Crippen LogP contribution in [0.25, 0.3) is 0 Å². The molecule has 1 aromatic carbocycles. The first-order chi connectivity index (χ1) is 8.60. The number of aromatic nitrogens is 1. The molecule has 4 nitrogen and oxygen atoms in total. The summed E-state index contributed by atoms with van der Waals surface area (Å²) < 4.78 is 18.9. The second kappa shape index (κ2) is 5.02. The lowest BCUT2D eigenvalue weighted by molar-refractivity contribution is 0.460. The summed E-state index contributed by atoms with van der Waals surface area (Å²) in [5, 5.41) is 8.62. The Hall–Kier alpha value is -2.13. The highest BCUT2D eigenvalue weighted by atomic mass is 79.9. The maximum atomic E-state index is 13.3. The molecule has 2 aromatic rings. The molecule has 0 radical (unpaired) electrons. The van der Waals surface area contributed by atoms with Gasteiger partial charge in [0.1, 0.15) is 11.9 Å². The van der Waals surface area contributed by atoms with E-state index in [4.69, 9.17) is 15.7 Å². The fraction of sp³-hybridized carbons (Fsp3) is 0. The summed E-state index contributed by atoms with van der Waals surface area (Å²) in [6, 6.07) is 7.58. The fourth-order valence-corrected chi connectivity index (χ4v) is 1.61. The van der Waals surface area contributed by atoms with E-state index in [-0.39, 0.29) is 21.8 Å².